The van der Waals surface area contributed by atoms with Gasteiger partial charge in [-0.25, -0.2) is 4.98 Å². The van der Waals surface area contributed by atoms with E-state index >= 15 is 0 Å². The molecule has 0 radical (unpaired) electrons. The lowest BCUT2D eigenvalue weighted by Gasteiger charge is -2.38. The number of hydrogen-bond donors (Lipinski definition) is 1. The molecule has 0 bridgehead atoms. The molecule has 1 N–H and O–H groups in total. The summed E-state index contributed by atoms with van der Waals surface area (Å²) in [6.07, 6.45) is 4.66. The topological polar surface area (TPSA) is 76.8 Å². The second-order valence-corrected chi connectivity index (χ2v) is 7.15. The van der Waals surface area contributed by atoms with Gasteiger partial charge in [0.15, 0.2) is 18.1 Å². The van der Waals surface area contributed by atoms with Gasteiger partial charge in [0.1, 0.15) is 5.82 Å². The van der Waals surface area contributed by atoms with Gasteiger partial charge in [-0.1, -0.05) is 6.07 Å². The standard InChI is InChI=1S/C20H27N3O4/c1-15-4-5-17(18(12-15)26-3)27-13-19(24)22-9-6-20(25,7-10-22)14-23-11-8-21-16(23)2/h4-5,8,11-12,25H,6-7,9-10,13-14H2,1-3H3. The number of piperidine rings is 1. The molecule has 1 amide bonds. The van der Waals surface area contributed by atoms with Gasteiger partial charge in [-0.15, -0.1) is 0 Å². The van der Waals surface area contributed by atoms with Gasteiger partial charge in [0, 0.05) is 25.5 Å². The lowest BCUT2D eigenvalue weighted by atomic mass is 9.91. The van der Waals surface area contributed by atoms with Crippen molar-refractivity contribution >= 4 is 5.91 Å². The van der Waals surface area contributed by atoms with Crippen LogP contribution in [0.4, 0.5) is 0 Å². The van der Waals surface area contributed by atoms with E-state index in [4.69, 9.17) is 9.47 Å². The largest absolute Gasteiger partial charge is 0.493 e. The summed E-state index contributed by atoms with van der Waals surface area (Å²) in [5.41, 5.74) is 0.248. The molecule has 1 aliphatic heterocycles. The third-order valence-corrected chi connectivity index (χ3v) is 5.11. The fourth-order valence-electron chi connectivity index (χ4n) is 3.34. The van der Waals surface area contributed by atoms with Crippen molar-refractivity contribution in [2.24, 2.45) is 0 Å². The molecule has 1 aromatic carbocycles. The summed E-state index contributed by atoms with van der Waals surface area (Å²) in [4.78, 5) is 18.4. The number of aromatic nitrogens is 2. The predicted molar refractivity (Wildman–Crippen MR) is 101 cm³/mol. The van der Waals surface area contributed by atoms with E-state index in [1.165, 1.54) is 0 Å². The van der Waals surface area contributed by atoms with Crippen molar-refractivity contribution in [3.63, 3.8) is 0 Å². The number of carbonyl (C=O) groups is 1. The first kappa shape index (κ1) is 19.2. The Bertz CT molecular complexity index is 794. The number of rotatable bonds is 6. The smallest absolute Gasteiger partial charge is 0.260 e. The van der Waals surface area contributed by atoms with Crippen LogP contribution in [0.15, 0.2) is 30.6 Å². The fraction of sp³-hybridized carbons (Fsp3) is 0.500. The third kappa shape index (κ3) is 4.60. The SMILES string of the molecule is COc1cc(C)ccc1OCC(=O)N1CCC(O)(Cn2ccnc2C)CC1. The van der Waals surface area contributed by atoms with Gasteiger partial charge < -0.3 is 24.0 Å². The van der Waals surface area contributed by atoms with Crippen molar-refractivity contribution in [2.75, 3.05) is 26.8 Å². The van der Waals surface area contributed by atoms with Crippen molar-refractivity contribution < 1.29 is 19.4 Å². The molecule has 1 fully saturated rings. The minimum Gasteiger partial charge on any atom is -0.493 e. The van der Waals surface area contributed by atoms with E-state index in [9.17, 15) is 9.90 Å². The van der Waals surface area contributed by atoms with E-state index in [2.05, 4.69) is 4.98 Å². The third-order valence-electron chi connectivity index (χ3n) is 5.11. The number of nitrogens with zero attached hydrogens (tertiary/aromatic N) is 3. The van der Waals surface area contributed by atoms with Crippen LogP contribution in [0.2, 0.25) is 0 Å². The Hall–Kier alpha value is -2.54. The van der Waals surface area contributed by atoms with Crippen LogP contribution in [-0.2, 0) is 11.3 Å². The van der Waals surface area contributed by atoms with Gasteiger partial charge in [0.2, 0.25) is 0 Å². The Balaban J connectivity index is 1.52. The predicted octanol–water partition coefficient (Wildman–Crippen LogP) is 1.94. The number of likely N-dealkylation sites (tertiary alicyclic amines) is 1. The monoisotopic (exact) mass is 373 g/mol. The van der Waals surface area contributed by atoms with Gasteiger partial charge in [-0.05, 0) is 44.4 Å². The van der Waals surface area contributed by atoms with Gasteiger partial charge >= 0.3 is 0 Å². The molecule has 0 spiro atoms. The maximum absolute atomic E-state index is 12.5. The molecule has 7 heteroatoms. The molecule has 7 nitrogen and oxygen atoms in total. The summed E-state index contributed by atoms with van der Waals surface area (Å²) in [6, 6.07) is 5.60. The first-order chi connectivity index (χ1) is 12.9. The number of methoxy groups -OCH3 is 1. The molecule has 0 aliphatic carbocycles. The first-order valence-electron chi connectivity index (χ1n) is 9.15. The highest BCUT2D eigenvalue weighted by Crippen LogP contribution is 2.28. The zero-order valence-corrected chi connectivity index (χ0v) is 16.1. The van der Waals surface area contributed by atoms with E-state index in [0.29, 0.717) is 44.0 Å². The number of ether oxygens (including phenoxy) is 2. The highest BCUT2D eigenvalue weighted by Gasteiger charge is 2.34. The second kappa shape index (κ2) is 8.00. The Morgan fingerprint density at radius 1 is 1.26 bits per heavy atom. The number of imidazole rings is 1. The van der Waals surface area contributed by atoms with Crippen LogP contribution in [0, 0.1) is 13.8 Å². The van der Waals surface area contributed by atoms with Crippen molar-refractivity contribution in [2.45, 2.75) is 38.8 Å². The normalized spacial score (nSPS) is 16.2. The van der Waals surface area contributed by atoms with Crippen LogP contribution in [0.1, 0.15) is 24.2 Å². The summed E-state index contributed by atoms with van der Waals surface area (Å²) in [7, 11) is 1.58. The number of aliphatic hydroxyl groups is 1. The van der Waals surface area contributed by atoms with Crippen LogP contribution < -0.4 is 9.47 Å². The molecule has 0 unspecified atom stereocenters. The molecule has 146 valence electrons. The zero-order valence-electron chi connectivity index (χ0n) is 16.1. The Labute approximate surface area is 159 Å². The molecular formula is C20H27N3O4. The fourth-order valence-corrected chi connectivity index (χ4v) is 3.34. The molecule has 27 heavy (non-hydrogen) atoms. The van der Waals surface area contributed by atoms with E-state index < -0.39 is 5.60 Å². The molecule has 0 atom stereocenters. The lowest BCUT2D eigenvalue weighted by Crippen LogP contribution is -2.49. The summed E-state index contributed by atoms with van der Waals surface area (Å²) in [6.45, 7) is 5.36. The maximum atomic E-state index is 12.5. The van der Waals surface area contributed by atoms with Crippen LogP contribution in [0.25, 0.3) is 0 Å². The van der Waals surface area contributed by atoms with Gasteiger partial charge in [-0.3, -0.25) is 4.79 Å². The van der Waals surface area contributed by atoms with Gasteiger partial charge in [-0.2, -0.15) is 0 Å². The van der Waals surface area contributed by atoms with E-state index in [1.807, 2.05) is 42.8 Å². The Kier molecular flexibility index (Phi) is 5.70. The maximum Gasteiger partial charge on any atom is 0.260 e. The van der Waals surface area contributed by atoms with Gasteiger partial charge in [0.05, 0.1) is 19.3 Å². The van der Waals surface area contributed by atoms with Crippen molar-refractivity contribution in [1.82, 2.24) is 14.5 Å². The van der Waals surface area contributed by atoms with Gasteiger partial charge in [0.25, 0.3) is 5.91 Å². The summed E-state index contributed by atoms with van der Waals surface area (Å²) >= 11 is 0. The number of amides is 1. The van der Waals surface area contributed by atoms with E-state index in [1.54, 1.807) is 18.2 Å². The lowest BCUT2D eigenvalue weighted by molar-refractivity contribution is -0.138. The van der Waals surface area contributed by atoms with Crippen LogP contribution in [0.3, 0.4) is 0 Å². The average Bonchev–Trinajstić information content (AvgIpc) is 3.05. The second-order valence-electron chi connectivity index (χ2n) is 7.15. The Morgan fingerprint density at radius 3 is 2.63 bits per heavy atom. The number of carbonyl (C=O) groups excluding carboxylic acids is 1. The quantitative estimate of drug-likeness (QED) is 0.837. The van der Waals surface area contributed by atoms with E-state index in [-0.39, 0.29) is 12.5 Å². The highest BCUT2D eigenvalue weighted by molar-refractivity contribution is 5.78. The molecule has 1 aliphatic rings. The van der Waals surface area contributed by atoms with Crippen molar-refractivity contribution in [3.8, 4) is 11.5 Å². The van der Waals surface area contributed by atoms with Crippen LogP contribution >= 0.6 is 0 Å². The molecule has 0 saturated carbocycles. The Morgan fingerprint density at radius 2 is 2.00 bits per heavy atom. The summed E-state index contributed by atoms with van der Waals surface area (Å²) in [5, 5.41) is 10.8. The molecule has 1 saturated heterocycles. The van der Waals surface area contributed by atoms with Crippen LogP contribution in [-0.4, -0.2) is 57.9 Å². The molecule has 3 rings (SSSR count). The minimum atomic E-state index is -0.816. The molecular weight excluding hydrogens is 346 g/mol. The van der Waals surface area contributed by atoms with Crippen molar-refractivity contribution in [3.05, 3.63) is 42.0 Å². The van der Waals surface area contributed by atoms with E-state index in [0.717, 1.165) is 11.4 Å². The molecule has 2 heterocycles. The number of aryl methyl sites for hydroxylation is 2. The first-order valence-corrected chi connectivity index (χ1v) is 9.15. The van der Waals surface area contributed by atoms with Crippen molar-refractivity contribution in [1.29, 1.82) is 0 Å². The summed E-state index contributed by atoms with van der Waals surface area (Å²) in [5.74, 6) is 1.97. The summed E-state index contributed by atoms with van der Waals surface area (Å²) < 4.78 is 12.9. The number of benzene rings is 1. The molecule has 1 aromatic heterocycles. The zero-order chi connectivity index (χ0) is 19.4. The number of hydrogen-bond acceptors (Lipinski definition) is 5. The van der Waals surface area contributed by atoms with Crippen LogP contribution in [0.5, 0.6) is 11.5 Å². The molecule has 2 aromatic rings. The average molecular weight is 373 g/mol. The minimum absolute atomic E-state index is 0.0432. The highest BCUT2D eigenvalue weighted by atomic mass is 16.5.